The normalized spacial score (nSPS) is 15.2. The van der Waals surface area contributed by atoms with Gasteiger partial charge in [-0.05, 0) is 37.1 Å². The molecule has 0 saturated heterocycles. The van der Waals surface area contributed by atoms with Crippen LogP contribution in [0.15, 0.2) is 24.3 Å². The van der Waals surface area contributed by atoms with Crippen LogP contribution in [0.1, 0.15) is 44.5 Å². The molecule has 0 bridgehead atoms. The number of benzene rings is 1. The zero-order valence-electron chi connectivity index (χ0n) is 11.2. The number of rotatable bonds is 3. The lowest BCUT2D eigenvalue weighted by Gasteiger charge is -2.10. The number of halogens is 1. The minimum atomic E-state index is -0.243. The summed E-state index contributed by atoms with van der Waals surface area (Å²) >= 11 is 0. The molecule has 0 radical (unpaired) electrons. The molecule has 1 aliphatic carbocycles. The van der Waals surface area contributed by atoms with Crippen LogP contribution in [0.2, 0.25) is 0 Å². The Bertz CT molecular complexity index is 595. The second-order valence-electron chi connectivity index (χ2n) is 5.47. The van der Waals surface area contributed by atoms with Crippen molar-refractivity contribution in [2.45, 2.75) is 38.6 Å². The molecular formula is C15H18FN3. The van der Waals surface area contributed by atoms with Gasteiger partial charge >= 0.3 is 0 Å². The van der Waals surface area contributed by atoms with E-state index in [0.717, 1.165) is 17.1 Å². The van der Waals surface area contributed by atoms with Crippen molar-refractivity contribution in [1.82, 2.24) is 9.55 Å². The van der Waals surface area contributed by atoms with Gasteiger partial charge < -0.3 is 10.3 Å². The van der Waals surface area contributed by atoms with E-state index in [1.807, 2.05) is 0 Å². The molecule has 0 aliphatic heterocycles. The van der Waals surface area contributed by atoms with Crippen molar-refractivity contribution in [3.05, 3.63) is 35.9 Å². The molecule has 4 heteroatoms. The molecule has 1 aliphatic rings. The molecule has 1 fully saturated rings. The van der Waals surface area contributed by atoms with Crippen molar-refractivity contribution >= 4 is 5.82 Å². The minimum absolute atomic E-state index is 0.243. The Labute approximate surface area is 112 Å². The van der Waals surface area contributed by atoms with Gasteiger partial charge in [0.1, 0.15) is 23.2 Å². The molecule has 1 aromatic carbocycles. The smallest absolute Gasteiger partial charge is 0.132 e. The van der Waals surface area contributed by atoms with Crippen LogP contribution in [0, 0.1) is 5.82 Å². The SMILES string of the molecule is CC(C)c1nc(-c2ccc(F)cc2)c(N)n1C1CC1. The van der Waals surface area contributed by atoms with Gasteiger partial charge in [0.25, 0.3) is 0 Å². The van der Waals surface area contributed by atoms with Crippen LogP contribution < -0.4 is 5.73 Å². The Balaban J connectivity index is 2.11. The zero-order valence-corrected chi connectivity index (χ0v) is 11.2. The van der Waals surface area contributed by atoms with Crippen molar-refractivity contribution in [3.8, 4) is 11.3 Å². The third-order valence-corrected chi connectivity index (χ3v) is 3.52. The lowest BCUT2D eigenvalue weighted by molar-refractivity contribution is 0.628. The fourth-order valence-corrected chi connectivity index (χ4v) is 2.41. The summed E-state index contributed by atoms with van der Waals surface area (Å²) in [5.74, 6) is 1.82. The number of nitrogen functional groups attached to an aromatic ring is 1. The zero-order chi connectivity index (χ0) is 13.6. The fourth-order valence-electron chi connectivity index (χ4n) is 2.41. The number of nitrogens with two attached hydrogens (primary N) is 1. The van der Waals surface area contributed by atoms with E-state index in [-0.39, 0.29) is 5.82 Å². The van der Waals surface area contributed by atoms with Gasteiger partial charge in [0.15, 0.2) is 0 Å². The highest BCUT2D eigenvalue weighted by atomic mass is 19.1. The molecule has 0 atom stereocenters. The number of aromatic nitrogens is 2. The molecule has 1 heterocycles. The van der Waals surface area contributed by atoms with E-state index in [9.17, 15) is 4.39 Å². The van der Waals surface area contributed by atoms with Gasteiger partial charge in [-0.1, -0.05) is 13.8 Å². The van der Waals surface area contributed by atoms with Gasteiger partial charge in [0.05, 0.1) is 0 Å². The summed E-state index contributed by atoms with van der Waals surface area (Å²) in [5.41, 5.74) is 7.91. The molecule has 3 nitrogen and oxygen atoms in total. The number of anilines is 1. The molecule has 100 valence electrons. The van der Waals surface area contributed by atoms with Crippen molar-refractivity contribution in [1.29, 1.82) is 0 Å². The molecule has 2 N–H and O–H groups in total. The Hall–Kier alpha value is -1.84. The lowest BCUT2D eigenvalue weighted by Crippen LogP contribution is -2.06. The van der Waals surface area contributed by atoms with Crippen molar-refractivity contribution < 1.29 is 4.39 Å². The molecule has 1 aromatic heterocycles. The average Bonchev–Trinajstić information content (AvgIpc) is 3.14. The number of nitrogens with zero attached hydrogens (tertiary/aromatic N) is 2. The molecule has 1 saturated carbocycles. The first-order valence-electron chi connectivity index (χ1n) is 6.71. The molecular weight excluding hydrogens is 241 g/mol. The molecule has 3 rings (SSSR count). The predicted octanol–water partition coefficient (Wildman–Crippen LogP) is 3.73. The summed E-state index contributed by atoms with van der Waals surface area (Å²) in [5, 5.41) is 0. The Morgan fingerprint density at radius 1 is 1.26 bits per heavy atom. The first-order valence-corrected chi connectivity index (χ1v) is 6.71. The van der Waals surface area contributed by atoms with Crippen LogP contribution in [-0.2, 0) is 0 Å². The van der Waals surface area contributed by atoms with Gasteiger partial charge in [-0.15, -0.1) is 0 Å². The standard InChI is InChI=1S/C15H18FN3/c1-9(2)15-18-13(10-3-5-11(16)6-4-10)14(17)19(15)12-7-8-12/h3-6,9,12H,7-8,17H2,1-2H3. The van der Waals surface area contributed by atoms with E-state index in [4.69, 9.17) is 5.73 Å². The summed E-state index contributed by atoms with van der Waals surface area (Å²) in [6.07, 6.45) is 2.34. The minimum Gasteiger partial charge on any atom is -0.383 e. The van der Waals surface area contributed by atoms with E-state index < -0.39 is 0 Å². The number of imidazole rings is 1. The Morgan fingerprint density at radius 2 is 1.89 bits per heavy atom. The lowest BCUT2D eigenvalue weighted by atomic mass is 10.1. The summed E-state index contributed by atoms with van der Waals surface area (Å²) in [6, 6.07) is 6.85. The topological polar surface area (TPSA) is 43.8 Å². The monoisotopic (exact) mass is 259 g/mol. The average molecular weight is 259 g/mol. The van der Waals surface area contributed by atoms with E-state index in [2.05, 4.69) is 23.4 Å². The fraction of sp³-hybridized carbons (Fsp3) is 0.400. The van der Waals surface area contributed by atoms with E-state index in [1.165, 1.54) is 25.0 Å². The largest absolute Gasteiger partial charge is 0.383 e. The maximum Gasteiger partial charge on any atom is 0.132 e. The molecule has 19 heavy (non-hydrogen) atoms. The number of hydrogen-bond donors (Lipinski definition) is 1. The Kier molecular flexibility index (Phi) is 2.81. The third-order valence-electron chi connectivity index (χ3n) is 3.52. The third kappa shape index (κ3) is 2.11. The predicted molar refractivity (Wildman–Crippen MR) is 74.4 cm³/mol. The van der Waals surface area contributed by atoms with Crippen LogP contribution in [0.3, 0.4) is 0 Å². The van der Waals surface area contributed by atoms with Crippen molar-refractivity contribution in [2.75, 3.05) is 5.73 Å². The van der Waals surface area contributed by atoms with Crippen molar-refractivity contribution in [3.63, 3.8) is 0 Å². The summed E-state index contributed by atoms with van der Waals surface area (Å²) in [4.78, 5) is 4.69. The summed E-state index contributed by atoms with van der Waals surface area (Å²) in [6.45, 7) is 4.24. The highest BCUT2D eigenvalue weighted by Gasteiger charge is 2.30. The van der Waals surface area contributed by atoms with Crippen LogP contribution >= 0.6 is 0 Å². The maximum absolute atomic E-state index is 13.0. The van der Waals surface area contributed by atoms with E-state index in [1.54, 1.807) is 12.1 Å². The van der Waals surface area contributed by atoms with Crippen LogP contribution in [0.5, 0.6) is 0 Å². The maximum atomic E-state index is 13.0. The molecule has 0 amide bonds. The van der Waals surface area contributed by atoms with Gasteiger partial charge in [-0.25, -0.2) is 9.37 Å². The highest BCUT2D eigenvalue weighted by Crippen LogP contribution is 2.42. The quantitative estimate of drug-likeness (QED) is 0.912. The Morgan fingerprint density at radius 3 is 2.42 bits per heavy atom. The van der Waals surface area contributed by atoms with Gasteiger partial charge in [0, 0.05) is 17.5 Å². The van der Waals surface area contributed by atoms with E-state index >= 15 is 0 Å². The molecule has 0 spiro atoms. The number of hydrogen-bond acceptors (Lipinski definition) is 2. The van der Waals surface area contributed by atoms with Gasteiger partial charge in [0.2, 0.25) is 0 Å². The highest BCUT2D eigenvalue weighted by molar-refractivity contribution is 5.71. The molecule has 0 unspecified atom stereocenters. The van der Waals surface area contributed by atoms with Gasteiger partial charge in [-0.3, -0.25) is 0 Å². The second-order valence-corrected chi connectivity index (χ2v) is 5.47. The summed E-state index contributed by atoms with van der Waals surface area (Å²) in [7, 11) is 0. The first kappa shape index (κ1) is 12.2. The van der Waals surface area contributed by atoms with Crippen molar-refractivity contribution in [2.24, 2.45) is 0 Å². The van der Waals surface area contributed by atoms with Crippen LogP contribution in [-0.4, -0.2) is 9.55 Å². The summed E-state index contributed by atoms with van der Waals surface area (Å²) < 4.78 is 15.2. The van der Waals surface area contributed by atoms with Gasteiger partial charge in [-0.2, -0.15) is 0 Å². The second kappa shape index (κ2) is 4.37. The van der Waals surface area contributed by atoms with Crippen LogP contribution in [0.4, 0.5) is 10.2 Å². The van der Waals surface area contributed by atoms with E-state index in [0.29, 0.717) is 17.8 Å². The first-order chi connectivity index (χ1) is 9.08. The van der Waals surface area contributed by atoms with Crippen LogP contribution in [0.25, 0.3) is 11.3 Å². The molecule has 2 aromatic rings.